The van der Waals surface area contributed by atoms with Crippen molar-refractivity contribution in [2.45, 2.75) is 6.54 Å². The smallest absolute Gasteiger partial charge is 0.170 e. The highest BCUT2D eigenvalue weighted by Crippen LogP contribution is 2.03. The zero-order valence-corrected chi connectivity index (χ0v) is 9.30. The third-order valence-corrected chi connectivity index (χ3v) is 2.38. The van der Waals surface area contributed by atoms with Gasteiger partial charge in [-0.15, -0.1) is 0 Å². The summed E-state index contributed by atoms with van der Waals surface area (Å²) in [6.45, 7) is 1.57. The minimum Gasteiger partial charge on any atom is -0.384 e. The Kier molecular flexibility index (Phi) is 3.05. The van der Waals surface area contributed by atoms with E-state index in [0.29, 0.717) is 5.82 Å². The second-order valence-corrected chi connectivity index (χ2v) is 3.66. The SMILES string of the molecule is C[n+]1ccc(NCCn2nccc2N)cc1. The second kappa shape index (κ2) is 4.65. The molecule has 5 nitrogen and oxygen atoms in total. The summed E-state index contributed by atoms with van der Waals surface area (Å²) >= 11 is 0. The van der Waals surface area contributed by atoms with Crippen molar-refractivity contribution >= 4 is 11.5 Å². The van der Waals surface area contributed by atoms with Crippen LogP contribution in [0, 0.1) is 0 Å². The number of pyridine rings is 1. The maximum atomic E-state index is 5.71. The fourth-order valence-electron chi connectivity index (χ4n) is 1.45. The van der Waals surface area contributed by atoms with Crippen LogP contribution in [-0.2, 0) is 13.6 Å². The van der Waals surface area contributed by atoms with E-state index >= 15 is 0 Å². The molecule has 0 unspecified atom stereocenters. The largest absolute Gasteiger partial charge is 0.384 e. The van der Waals surface area contributed by atoms with Crippen molar-refractivity contribution in [3.63, 3.8) is 0 Å². The van der Waals surface area contributed by atoms with E-state index in [1.165, 1.54) is 0 Å². The zero-order valence-electron chi connectivity index (χ0n) is 9.30. The van der Waals surface area contributed by atoms with Crippen LogP contribution in [0.25, 0.3) is 0 Å². The molecular formula is C11H16N5+. The predicted molar refractivity (Wildman–Crippen MR) is 62.7 cm³/mol. The lowest BCUT2D eigenvalue weighted by atomic mass is 10.4. The number of anilines is 2. The number of aryl methyl sites for hydroxylation is 1. The first kappa shape index (κ1) is 10.5. The molecule has 0 spiro atoms. The minimum absolute atomic E-state index is 0.696. The highest BCUT2D eigenvalue weighted by atomic mass is 15.3. The molecule has 3 N–H and O–H groups in total. The van der Waals surface area contributed by atoms with Gasteiger partial charge >= 0.3 is 0 Å². The summed E-state index contributed by atoms with van der Waals surface area (Å²) in [6, 6.07) is 5.86. The molecule has 2 rings (SSSR count). The van der Waals surface area contributed by atoms with Crippen LogP contribution < -0.4 is 15.6 Å². The first-order valence-corrected chi connectivity index (χ1v) is 5.22. The zero-order chi connectivity index (χ0) is 11.4. The summed E-state index contributed by atoms with van der Waals surface area (Å²) < 4.78 is 3.77. The summed E-state index contributed by atoms with van der Waals surface area (Å²) in [5.41, 5.74) is 6.81. The van der Waals surface area contributed by atoms with E-state index in [1.54, 1.807) is 16.9 Å². The van der Waals surface area contributed by atoms with Crippen LogP contribution in [0.4, 0.5) is 11.5 Å². The number of rotatable bonds is 4. The van der Waals surface area contributed by atoms with E-state index in [1.807, 2.05) is 36.1 Å². The van der Waals surface area contributed by atoms with Gasteiger partial charge in [0.2, 0.25) is 0 Å². The van der Waals surface area contributed by atoms with E-state index < -0.39 is 0 Å². The lowest BCUT2D eigenvalue weighted by Crippen LogP contribution is -2.26. The first-order valence-electron chi connectivity index (χ1n) is 5.22. The standard InChI is InChI=1S/C11H15N5/c1-15-7-3-10(4-8-15)13-6-9-16-11(12)2-5-14-16/h2-5,7-8H,6,9H2,1H3,(H2,12,14)/p+1. The monoisotopic (exact) mass is 218 g/mol. The maximum Gasteiger partial charge on any atom is 0.170 e. The van der Waals surface area contributed by atoms with Crippen molar-refractivity contribution in [3.8, 4) is 0 Å². The summed E-state index contributed by atoms with van der Waals surface area (Å²) in [5.74, 6) is 0.696. The van der Waals surface area contributed by atoms with Gasteiger partial charge in [0, 0.05) is 24.4 Å². The molecule has 0 aromatic carbocycles. The van der Waals surface area contributed by atoms with Crippen molar-refractivity contribution in [2.24, 2.45) is 7.05 Å². The number of hydrogen-bond acceptors (Lipinski definition) is 3. The molecule has 0 aliphatic carbocycles. The Morgan fingerprint density at radius 2 is 2.12 bits per heavy atom. The molecule has 0 amide bonds. The van der Waals surface area contributed by atoms with E-state index in [9.17, 15) is 0 Å². The normalized spacial score (nSPS) is 10.3. The molecule has 0 saturated carbocycles. The lowest BCUT2D eigenvalue weighted by molar-refractivity contribution is -0.671. The Morgan fingerprint density at radius 3 is 2.75 bits per heavy atom. The Morgan fingerprint density at radius 1 is 1.38 bits per heavy atom. The molecule has 2 heterocycles. The molecule has 84 valence electrons. The fourth-order valence-corrected chi connectivity index (χ4v) is 1.45. The topological polar surface area (TPSA) is 59.8 Å². The van der Waals surface area contributed by atoms with Gasteiger partial charge in [0.05, 0.1) is 12.7 Å². The van der Waals surface area contributed by atoms with Gasteiger partial charge in [0.15, 0.2) is 12.4 Å². The number of nitrogens with two attached hydrogens (primary N) is 1. The molecule has 0 atom stereocenters. The lowest BCUT2D eigenvalue weighted by Gasteiger charge is -2.06. The summed E-state index contributed by atoms with van der Waals surface area (Å²) in [4.78, 5) is 0. The molecule has 5 heteroatoms. The van der Waals surface area contributed by atoms with Crippen LogP contribution in [0.5, 0.6) is 0 Å². The van der Waals surface area contributed by atoms with E-state index in [4.69, 9.17) is 5.73 Å². The summed E-state index contributed by atoms with van der Waals surface area (Å²) in [5, 5.41) is 7.42. The number of hydrogen-bond donors (Lipinski definition) is 2. The fraction of sp³-hybridized carbons (Fsp3) is 0.273. The van der Waals surface area contributed by atoms with Gasteiger partial charge in [0.25, 0.3) is 0 Å². The Labute approximate surface area is 94.5 Å². The van der Waals surface area contributed by atoms with Crippen molar-refractivity contribution in [1.29, 1.82) is 0 Å². The van der Waals surface area contributed by atoms with E-state index in [2.05, 4.69) is 10.4 Å². The molecule has 0 fully saturated rings. The first-order chi connectivity index (χ1) is 7.75. The summed E-state index contributed by atoms with van der Waals surface area (Å²) in [7, 11) is 1.99. The van der Waals surface area contributed by atoms with Crippen LogP contribution in [0.2, 0.25) is 0 Å². The van der Waals surface area contributed by atoms with Crippen molar-refractivity contribution < 1.29 is 4.57 Å². The van der Waals surface area contributed by atoms with Gasteiger partial charge in [-0.25, -0.2) is 9.25 Å². The average Bonchev–Trinajstić information content (AvgIpc) is 2.68. The second-order valence-electron chi connectivity index (χ2n) is 3.66. The molecule has 2 aromatic heterocycles. The number of aromatic nitrogens is 3. The van der Waals surface area contributed by atoms with Gasteiger partial charge in [-0.3, -0.25) is 0 Å². The van der Waals surface area contributed by atoms with Crippen molar-refractivity contribution in [2.75, 3.05) is 17.6 Å². The highest BCUT2D eigenvalue weighted by Gasteiger charge is 1.98. The molecule has 0 saturated heterocycles. The van der Waals surface area contributed by atoms with Crippen LogP contribution in [-0.4, -0.2) is 16.3 Å². The van der Waals surface area contributed by atoms with Gasteiger partial charge < -0.3 is 11.1 Å². The number of nitrogens with one attached hydrogen (secondary N) is 1. The molecular weight excluding hydrogens is 202 g/mol. The Hall–Kier alpha value is -2.04. The highest BCUT2D eigenvalue weighted by molar-refractivity contribution is 5.39. The number of nitrogens with zero attached hydrogens (tertiary/aromatic N) is 3. The predicted octanol–water partition coefficient (Wildman–Crippen LogP) is 0.402. The average molecular weight is 218 g/mol. The van der Waals surface area contributed by atoms with Crippen LogP contribution in [0.15, 0.2) is 36.8 Å². The van der Waals surface area contributed by atoms with Gasteiger partial charge in [-0.2, -0.15) is 5.10 Å². The quantitative estimate of drug-likeness (QED) is 0.730. The molecule has 0 aliphatic heterocycles. The third kappa shape index (κ3) is 2.50. The molecule has 0 radical (unpaired) electrons. The van der Waals surface area contributed by atoms with Gasteiger partial charge in [-0.05, 0) is 6.07 Å². The Bertz CT molecular complexity index is 446. The van der Waals surface area contributed by atoms with E-state index in [0.717, 1.165) is 18.8 Å². The molecule has 0 aliphatic rings. The van der Waals surface area contributed by atoms with E-state index in [-0.39, 0.29) is 0 Å². The molecule has 16 heavy (non-hydrogen) atoms. The van der Waals surface area contributed by atoms with Gasteiger partial charge in [-0.1, -0.05) is 0 Å². The number of nitrogen functional groups attached to an aromatic ring is 1. The third-order valence-electron chi connectivity index (χ3n) is 2.38. The minimum atomic E-state index is 0.696. The van der Waals surface area contributed by atoms with Crippen LogP contribution in [0.1, 0.15) is 0 Å². The van der Waals surface area contributed by atoms with Crippen molar-refractivity contribution in [1.82, 2.24) is 9.78 Å². The maximum absolute atomic E-state index is 5.71. The molecule has 0 bridgehead atoms. The molecule has 2 aromatic rings. The Balaban J connectivity index is 1.84. The van der Waals surface area contributed by atoms with Gasteiger partial charge in [0.1, 0.15) is 12.9 Å². The van der Waals surface area contributed by atoms with Crippen LogP contribution in [0.3, 0.4) is 0 Å². The summed E-state index contributed by atoms with van der Waals surface area (Å²) in [6.07, 6.45) is 5.72. The van der Waals surface area contributed by atoms with Crippen molar-refractivity contribution in [3.05, 3.63) is 36.8 Å². The van der Waals surface area contributed by atoms with Crippen LogP contribution >= 0.6 is 0 Å².